The first kappa shape index (κ1) is 22.2. The molecule has 0 atom stereocenters. The zero-order valence-corrected chi connectivity index (χ0v) is 19.8. The standard InChI is InChI=1S/C26H20Cl2N4O2/c1-16-9-10-22-20(11-16)24-25(32(22)14-23(33)30-19-7-4-6-18(27)12-19)26(34)31(15-29-24)13-17-5-2-3-8-21(17)28/h2-12,15H,13-14H2,1H3,(H,30,33). The normalized spacial score (nSPS) is 11.3. The minimum atomic E-state index is -0.275. The number of amides is 1. The molecule has 170 valence electrons. The molecule has 6 nitrogen and oxygen atoms in total. The summed E-state index contributed by atoms with van der Waals surface area (Å²) in [5.74, 6) is -0.275. The van der Waals surface area contributed by atoms with Crippen LogP contribution < -0.4 is 10.9 Å². The maximum Gasteiger partial charge on any atom is 0.278 e. The predicted octanol–water partition coefficient (Wildman–Crippen LogP) is 5.65. The van der Waals surface area contributed by atoms with Gasteiger partial charge in [-0.25, -0.2) is 4.98 Å². The highest BCUT2D eigenvalue weighted by molar-refractivity contribution is 6.31. The van der Waals surface area contributed by atoms with Gasteiger partial charge < -0.3 is 9.88 Å². The van der Waals surface area contributed by atoms with Crippen molar-refractivity contribution < 1.29 is 4.79 Å². The smallest absolute Gasteiger partial charge is 0.278 e. The van der Waals surface area contributed by atoms with Gasteiger partial charge in [0.05, 0.1) is 18.4 Å². The van der Waals surface area contributed by atoms with E-state index in [9.17, 15) is 9.59 Å². The van der Waals surface area contributed by atoms with Crippen LogP contribution in [0.2, 0.25) is 10.0 Å². The molecule has 0 aliphatic rings. The first-order valence-electron chi connectivity index (χ1n) is 10.7. The third-order valence-corrected chi connectivity index (χ3v) is 6.29. The van der Waals surface area contributed by atoms with E-state index in [0.29, 0.717) is 26.8 Å². The van der Waals surface area contributed by atoms with Gasteiger partial charge in [0.2, 0.25) is 5.91 Å². The Kier molecular flexibility index (Phi) is 5.86. The van der Waals surface area contributed by atoms with E-state index in [1.54, 1.807) is 34.9 Å². The lowest BCUT2D eigenvalue weighted by molar-refractivity contribution is -0.116. The maximum atomic E-state index is 13.6. The fourth-order valence-electron chi connectivity index (χ4n) is 4.11. The Bertz CT molecular complexity index is 1620. The molecule has 1 amide bonds. The van der Waals surface area contributed by atoms with Gasteiger partial charge in [-0.1, -0.05) is 59.1 Å². The minimum absolute atomic E-state index is 0.0530. The summed E-state index contributed by atoms with van der Waals surface area (Å²) in [6.45, 7) is 2.20. The monoisotopic (exact) mass is 490 g/mol. The number of benzene rings is 3. The van der Waals surface area contributed by atoms with E-state index in [0.717, 1.165) is 22.0 Å². The number of aromatic nitrogens is 3. The number of carbonyl (C=O) groups excluding carboxylic acids is 1. The van der Waals surface area contributed by atoms with Gasteiger partial charge in [0.25, 0.3) is 5.56 Å². The van der Waals surface area contributed by atoms with E-state index < -0.39 is 0 Å². The molecular formula is C26H20Cl2N4O2. The van der Waals surface area contributed by atoms with Gasteiger partial charge in [0.1, 0.15) is 17.6 Å². The van der Waals surface area contributed by atoms with Crippen LogP contribution in [0, 0.1) is 6.92 Å². The van der Waals surface area contributed by atoms with Crippen LogP contribution >= 0.6 is 23.2 Å². The van der Waals surface area contributed by atoms with Crippen LogP contribution in [0.5, 0.6) is 0 Å². The highest BCUT2D eigenvalue weighted by Gasteiger charge is 2.19. The number of carbonyl (C=O) groups is 1. The van der Waals surface area contributed by atoms with E-state index in [1.807, 2.05) is 43.3 Å². The molecule has 0 spiro atoms. The van der Waals surface area contributed by atoms with E-state index in [-0.39, 0.29) is 24.6 Å². The average Bonchev–Trinajstić information content (AvgIpc) is 3.10. The summed E-state index contributed by atoms with van der Waals surface area (Å²) in [4.78, 5) is 31.2. The molecule has 34 heavy (non-hydrogen) atoms. The molecular weight excluding hydrogens is 471 g/mol. The van der Waals surface area contributed by atoms with Crippen LogP contribution in [0.4, 0.5) is 5.69 Å². The quantitative estimate of drug-likeness (QED) is 0.345. The van der Waals surface area contributed by atoms with Gasteiger partial charge in [0, 0.05) is 21.1 Å². The van der Waals surface area contributed by atoms with Crippen LogP contribution in [0.3, 0.4) is 0 Å². The molecule has 3 aromatic carbocycles. The second kappa shape index (κ2) is 8.97. The molecule has 0 unspecified atom stereocenters. The van der Waals surface area contributed by atoms with Crippen molar-refractivity contribution in [1.82, 2.24) is 14.1 Å². The van der Waals surface area contributed by atoms with Crippen molar-refractivity contribution in [3.05, 3.63) is 105 Å². The summed E-state index contributed by atoms with van der Waals surface area (Å²) in [5.41, 5.74) is 3.90. The number of rotatable bonds is 5. The third kappa shape index (κ3) is 4.18. The maximum absolute atomic E-state index is 13.6. The van der Waals surface area contributed by atoms with Crippen molar-refractivity contribution >= 4 is 56.7 Å². The Labute approximate surface area is 205 Å². The van der Waals surface area contributed by atoms with Gasteiger partial charge >= 0.3 is 0 Å². The van der Waals surface area contributed by atoms with Crippen molar-refractivity contribution in [3.8, 4) is 0 Å². The Morgan fingerprint density at radius 1 is 1.03 bits per heavy atom. The first-order valence-corrected chi connectivity index (χ1v) is 11.4. The number of aryl methyl sites for hydroxylation is 1. The van der Waals surface area contributed by atoms with Crippen LogP contribution in [0.1, 0.15) is 11.1 Å². The van der Waals surface area contributed by atoms with Gasteiger partial charge in [-0.3, -0.25) is 14.2 Å². The molecule has 0 fully saturated rings. The number of hydrogen-bond donors (Lipinski definition) is 1. The topological polar surface area (TPSA) is 68.9 Å². The van der Waals surface area contributed by atoms with E-state index >= 15 is 0 Å². The minimum Gasteiger partial charge on any atom is -0.325 e. The Morgan fingerprint density at radius 2 is 1.85 bits per heavy atom. The SMILES string of the molecule is Cc1ccc2c(c1)c1ncn(Cc3ccccc3Cl)c(=O)c1n2CC(=O)Nc1cccc(Cl)c1. The summed E-state index contributed by atoms with van der Waals surface area (Å²) < 4.78 is 3.24. The highest BCUT2D eigenvalue weighted by atomic mass is 35.5. The number of nitrogens with zero attached hydrogens (tertiary/aromatic N) is 3. The fraction of sp³-hybridized carbons (Fsp3) is 0.115. The summed E-state index contributed by atoms with van der Waals surface area (Å²) in [5, 5.41) is 4.78. The summed E-state index contributed by atoms with van der Waals surface area (Å²) in [7, 11) is 0. The summed E-state index contributed by atoms with van der Waals surface area (Å²) in [6.07, 6.45) is 1.53. The predicted molar refractivity (Wildman–Crippen MR) is 137 cm³/mol. The lowest BCUT2D eigenvalue weighted by Crippen LogP contribution is -2.25. The molecule has 1 N–H and O–H groups in total. The van der Waals surface area contributed by atoms with Crippen LogP contribution in [-0.4, -0.2) is 20.0 Å². The van der Waals surface area contributed by atoms with Crippen molar-refractivity contribution in [1.29, 1.82) is 0 Å². The van der Waals surface area contributed by atoms with Crippen molar-refractivity contribution in [2.45, 2.75) is 20.0 Å². The zero-order chi connectivity index (χ0) is 23.8. The second-order valence-corrected chi connectivity index (χ2v) is 8.98. The van der Waals surface area contributed by atoms with Gasteiger partial charge in [-0.2, -0.15) is 0 Å². The van der Waals surface area contributed by atoms with Crippen molar-refractivity contribution in [3.63, 3.8) is 0 Å². The lowest BCUT2D eigenvalue weighted by atomic mass is 10.1. The average molecular weight is 491 g/mol. The molecule has 0 aliphatic carbocycles. The molecule has 2 aromatic heterocycles. The number of hydrogen-bond acceptors (Lipinski definition) is 3. The molecule has 0 aliphatic heterocycles. The van der Waals surface area contributed by atoms with Gasteiger partial charge in [-0.05, 0) is 48.9 Å². The van der Waals surface area contributed by atoms with E-state index in [2.05, 4.69) is 10.3 Å². The van der Waals surface area contributed by atoms with Gasteiger partial charge in [0.15, 0.2) is 0 Å². The molecule has 0 bridgehead atoms. The number of nitrogens with one attached hydrogen (secondary N) is 1. The number of halogens is 2. The molecule has 0 radical (unpaired) electrons. The largest absolute Gasteiger partial charge is 0.325 e. The van der Waals surface area contributed by atoms with Crippen molar-refractivity contribution in [2.75, 3.05) is 5.32 Å². The van der Waals surface area contributed by atoms with Crippen LogP contribution in [0.25, 0.3) is 21.9 Å². The van der Waals surface area contributed by atoms with Crippen LogP contribution in [0.15, 0.2) is 77.9 Å². The second-order valence-electron chi connectivity index (χ2n) is 8.13. The molecule has 8 heteroatoms. The molecule has 0 saturated carbocycles. The summed E-state index contributed by atoms with van der Waals surface area (Å²) in [6, 6.07) is 20.2. The fourth-order valence-corrected chi connectivity index (χ4v) is 4.50. The first-order chi connectivity index (χ1) is 16.4. The Balaban J connectivity index is 1.62. The summed E-state index contributed by atoms with van der Waals surface area (Å²) >= 11 is 12.4. The molecule has 5 aromatic rings. The number of fused-ring (bicyclic) bond motifs is 3. The Hall–Kier alpha value is -3.61. The van der Waals surface area contributed by atoms with Crippen LogP contribution in [-0.2, 0) is 17.9 Å². The Morgan fingerprint density at radius 3 is 2.65 bits per heavy atom. The van der Waals surface area contributed by atoms with E-state index in [1.165, 1.54) is 10.9 Å². The molecule has 0 saturated heterocycles. The zero-order valence-electron chi connectivity index (χ0n) is 18.3. The molecule has 5 rings (SSSR count). The molecule has 2 heterocycles. The lowest BCUT2D eigenvalue weighted by Gasteiger charge is -2.10. The van der Waals surface area contributed by atoms with E-state index in [4.69, 9.17) is 23.2 Å². The van der Waals surface area contributed by atoms with Gasteiger partial charge in [-0.15, -0.1) is 0 Å². The highest BCUT2D eigenvalue weighted by Crippen LogP contribution is 2.27. The van der Waals surface area contributed by atoms with Crippen molar-refractivity contribution in [2.24, 2.45) is 0 Å². The number of anilines is 1. The third-order valence-electron chi connectivity index (χ3n) is 5.69.